The van der Waals surface area contributed by atoms with Gasteiger partial charge in [0.25, 0.3) is 0 Å². The predicted molar refractivity (Wildman–Crippen MR) is 106 cm³/mol. The Hall–Kier alpha value is -2.81. The first-order valence-corrected chi connectivity index (χ1v) is 10.1. The van der Waals surface area contributed by atoms with Crippen LogP contribution in [-0.2, 0) is 9.53 Å². The summed E-state index contributed by atoms with van der Waals surface area (Å²) >= 11 is 1.40. The van der Waals surface area contributed by atoms with Crippen molar-refractivity contribution in [2.75, 3.05) is 12.4 Å². The third kappa shape index (κ3) is 4.19. The second-order valence-electron chi connectivity index (χ2n) is 6.16. The Morgan fingerprint density at radius 3 is 2.68 bits per heavy atom. The molecule has 0 radical (unpaired) electrons. The molecule has 0 saturated carbocycles. The molecule has 1 aromatic heterocycles. The van der Waals surface area contributed by atoms with Crippen molar-refractivity contribution in [3.63, 3.8) is 0 Å². The van der Waals surface area contributed by atoms with Gasteiger partial charge in [0.15, 0.2) is 5.16 Å². The second kappa shape index (κ2) is 8.92. The highest BCUT2D eigenvalue weighted by atomic mass is 32.2. The number of urea groups is 1. The van der Waals surface area contributed by atoms with E-state index in [1.165, 1.54) is 11.8 Å². The maximum Gasteiger partial charge on any atom is 0.337 e. The van der Waals surface area contributed by atoms with Crippen molar-refractivity contribution in [1.29, 1.82) is 0 Å². The molecule has 2 amide bonds. The number of carbonyl (C=O) groups excluding carboxylic acids is 2. The van der Waals surface area contributed by atoms with Crippen LogP contribution in [0.4, 0.5) is 4.79 Å². The van der Waals surface area contributed by atoms with Gasteiger partial charge in [0.05, 0.1) is 18.2 Å². The van der Waals surface area contributed by atoms with Crippen molar-refractivity contribution < 1.29 is 14.3 Å². The number of aryl methyl sites for hydroxylation is 1. The molecule has 9 heteroatoms. The quantitative estimate of drug-likeness (QED) is 0.547. The molecule has 1 unspecified atom stereocenters. The number of hydrogen-bond donors (Lipinski definition) is 2. The molecule has 1 atom stereocenters. The summed E-state index contributed by atoms with van der Waals surface area (Å²) in [6, 6.07) is 9.09. The van der Waals surface area contributed by atoms with Crippen LogP contribution in [0.3, 0.4) is 0 Å². The van der Waals surface area contributed by atoms with Gasteiger partial charge >= 0.3 is 12.0 Å². The molecule has 1 aromatic carbocycles. The van der Waals surface area contributed by atoms with Gasteiger partial charge in [-0.05, 0) is 32.4 Å². The van der Waals surface area contributed by atoms with Gasteiger partial charge in [0.1, 0.15) is 5.82 Å². The Morgan fingerprint density at radius 2 is 2.00 bits per heavy atom. The van der Waals surface area contributed by atoms with Gasteiger partial charge in [0.2, 0.25) is 0 Å². The number of rotatable bonds is 7. The van der Waals surface area contributed by atoms with Crippen LogP contribution in [0.2, 0.25) is 0 Å². The van der Waals surface area contributed by atoms with Gasteiger partial charge in [-0.15, -0.1) is 10.2 Å². The van der Waals surface area contributed by atoms with Crippen molar-refractivity contribution in [1.82, 2.24) is 25.4 Å². The lowest BCUT2D eigenvalue weighted by atomic mass is 10.0. The molecule has 28 heavy (non-hydrogen) atoms. The number of ether oxygens (including phenoxy) is 1. The summed E-state index contributed by atoms with van der Waals surface area (Å²) in [5.74, 6) is 0.704. The summed E-state index contributed by atoms with van der Waals surface area (Å²) in [5, 5.41) is 14.6. The van der Waals surface area contributed by atoms with Crippen LogP contribution in [0.5, 0.6) is 0 Å². The third-order valence-corrected chi connectivity index (χ3v) is 5.26. The summed E-state index contributed by atoms with van der Waals surface area (Å²) in [5.41, 5.74) is 1.95. The molecule has 0 bridgehead atoms. The summed E-state index contributed by atoms with van der Waals surface area (Å²) in [4.78, 5) is 24.5. The Balaban J connectivity index is 1.89. The van der Waals surface area contributed by atoms with Crippen LogP contribution in [0.1, 0.15) is 26.1 Å². The summed E-state index contributed by atoms with van der Waals surface area (Å²) in [6.45, 7) is 5.82. The normalized spacial score (nSPS) is 16.5. The first-order chi connectivity index (χ1) is 13.5. The number of nitrogens with one attached hydrogen (secondary N) is 2. The molecule has 1 aliphatic heterocycles. The highest BCUT2D eigenvalue weighted by Gasteiger charge is 2.31. The number of aromatic nitrogens is 3. The minimum atomic E-state index is -0.418. The number of para-hydroxylation sites is 1. The summed E-state index contributed by atoms with van der Waals surface area (Å²) in [6.07, 6.45) is 0.592. The smallest absolute Gasteiger partial charge is 0.337 e. The lowest BCUT2D eigenvalue weighted by Gasteiger charge is -2.28. The van der Waals surface area contributed by atoms with Crippen LogP contribution in [-0.4, -0.2) is 45.2 Å². The van der Waals surface area contributed by atoms with Crippen molar-refractivity contribution in [3.8, 4) is 5.69 Å². The molecule has 3 rings (SSSR count). The molecule has 2 aromatic rings. The maximum atomic E-state index is 12.5. The first kappa shape index (κ1) is 19.9. The van der Waals surface area contributed by atoms with Gasteiger partial charge in [-0.3, -0.25) is 4.57 Å². The summed E-state index contributed by atoms with van der Waals surface area (Å²) in [7, 11) is 0. The zero-order chi connectivity index (χ0) is 20.1. The minimum absolute atomic E-state index is 0.272. The minimum Gasteiger partial charge on any atom is -0.463 e. The van der Waals surface area contributed by atoms with Crippen LogP contribution in [0.25, 0.3) is 5.69 Å². The maximum absolute atomic E-state index is 12.5. The molecule has 0 saturated heterocycles. The zero-order valence-electron chi connectivity index (χ0n) is 16.1. The molecular weight excluding hydrogens is 378 g/mol. The Bertz CT molecular complexity index is 894. The number of carbonyl (C=O) groups is 2. The van der Waals surface area contributed by atoms with Crippen LogP contribution >= 0.6 is 11.8 Å². The number of benzene rings is 1. The highest BCUT2D eigenvalue weighted by molar-refractivity contribution is 7.99. The molecule has 0 spiro atoms. The van der Waals surface area contributed by atoms with Crippen molar-refractivity contribution >= 4 is 23.8 Å². The molecule has 2 N–H and O–H groups in total. The van der Waals surface area contributed by atoms with E-state index >= 15 is 0 Å². The van der Waals surface area contributed by atoms with Crippen molar-refractivity contribution in [2.24, 2.45) is 0 Å². The van der Waals surface area contributed by atoms with E-state index in [4.69, 9.17) is 4.74 Å². The number of esters is 1. The Morgan fingerprint density at radius 1 is 1.25 bits per heavy atom. The fourth-order valence-electron chi connectivity index (χ4n) is 3.02. The lowest BCUT2D eigenvalue weighted by Crippen LogP contribution is -2.50. The average molecular weight is 401 g/mol. The van der Waals surface area contributed by atoms with Gasteiger partial charge in [-0.25, -0.2) is 9.59 Å². The average Bonchev–Trinajstić information content (AvgIpc) is 3.07. The van der Waals surface area contributed by atoms with Crippen LogP contribution < -0.4 is 10.6 Å². The van der Waals surface area contributed by atoms with E-state index in [-0.39, 0.29) is 18.7 Å². The van der Waals surface area contributed by atoms with Crippen molar-refractivity contribution in [3.05, 3.63) is 47.4 Å². The summed E-state index contributed by atoms with van der Waals surface area (Å²) < 4.78 is 7.14. The van der Waals surface area contributed by atoms with E-state index in [1.54, 1.807) is 6.92 Å². The largest absolute Gasteiger partial charge is 0.463 e. The van der Waals surface area contributed by atoms with E-state index < -0.39 is 5.97 Å². The van der Waals surface area contributed by atoms with E-state index in [9.17, 15) is 9.59 Å². The van der Waals surface area contributed by atoms with E-state index in [1.807, 2.05) is 48.7 Å². The van der Waals surface area contributed by atoms with Crippen LogP contribution in [0, 0.1) is 6.92 Å². The molecule has 8 nitrogen and oxygen atoms in total. The topological polar surface area (TPSA) is 98.1 Å². The van der Waals surface area contributed by atoms with Gasteiger partial charge in [-0.2, -0.15) is 0 Å². The first-order valence-electron chi connectivity index (χ1n) is 9.13. The number of thioether (sulfide) groups is 1. The molecule has 1 aliphatic rings. The fourth-order valence-corrected chi connectivity index (χ4v) is 3.99. The third-order valence-electron chi connectivity index (χ3n) is 4.30. The molecule has 2 heterocycles. The van der Waals surface area contributed by atoms with Gasteiger partial charge < -0.3 is 15.4 Å². The molecule has 0 fully saturated rings. The second-order valence-corrected chi connectivity index (χ2v) is 7.10. The number of amides is 2. The van der Waals surface area contributed by atoms with E-state index in [0.29, 0.717) is 28.6 Å². The van der Waals surface area contributed by atoms with Crippen molar-refractivity contribution in [2.45, 2.75) is 38.4 Å². The number of hydrogen-bond acceptors (Lipinski definition) is 6. The van der Waals surface area contributed by atoms with Gasteiger partial charge in [0, 0.05) is 17.1 Å². The number of nitrogens with zero attached hydrogens (tertiary/aromatic N) is 3. The monoisotopic (exact) mass is 401 g/mol. The lowest BCUT2D eigenvalue weighted by molar-refractivity contribution is -0.139. The SMILES string of the molecule is CCOC(=O)C1=C(CSc2nnc(C)n2-c2ccccc2)NC(=O)NC1CC. The molecule has 148 valence electrons. The molecular formula is C19H23N5O3S. The van der Waals surface area contributed by atoms with E-state index in [0.717, 1.165) is 11.5 Å². The van der Waals surface area contributed by atoms with Crippen LogP contribution in [0.15, 0.2) is 46.8 Å². The zero-order valence-corrected chi connectivity index (χ0v) is 16.9. The van der Waals surface area contributed by atoms with E-state index in [2.05, 4.69) is 20.8 Å². The standard InChI is InChI=1S/C19H23N5O3S/c1-4-14-16(17(25)27-5-2)15(21-18(26)20-14)11-28-19-23-22-12(3)24(19)13-9-7-6-8-10-13/h6-10,14H,4-5,11H2,1-3H3,(H2,20,21,26). The Kier molecular flexibility index (Phi) is 6.35. The fraction of sp³-hybridized carbons (Fsp3) is 0.368. The van der Waals surface area contributed by atoms with Gasteiger partial charge in [-0.1, -0.05) is 36.9 Å². The molecule has 0 aliphatic carbocycles. The predicted octanol–water partition coefficient (Wildman–Crippen LogP) is 2.58. The highest BCUT2D eigenvalue weighted by Crippen LogP contribution is 2.26. The Labute approximate surface area is 167 Å².